The number of nitrogens with two attached hydrogens (primary N) is 1. The largest absolute Gasteiger partial charge is 0.368 e. The monoisotopic (exact) mass is 209 g/mol. The number of nitrogens with one attached hydrogen (secondary N) is 2. The fourth-order valence-electron chi connectivity index (χ4n) is 2.20. The van der Waals surface area contributed by atoms with E-state index in [-0.39, 0.29) is 0 Å². The molecule has 1 aliphatic rings. The van der Waals surface area contributed by atoms with Crippen LogP contribution in [0.5, 0.6) is 0 Å². The van der Waals surface area contributed by atoms with Crippen LogP contribution in [0.15, 0.2) is 0 Å². The van der Waals surface area contributed by atoms with E-state index < -0.39 is 0 Å². The van der Waals surface area contributed by atoms with Crippen LogP contribution >= 0.6 is 0 Å². The molecule has 1 aromatic rings. The van der Waals surface area contributed by atoms with E-state index in [9.17, 15) is 0 Å². The molecular weight excluding hydrogens is 190 g/mol. The SMILES string of the molecule is CC1CCC(Nc2n[nH]c(N)n2)CC1C. The van der Waals surface area contributed by atoms with Crippen molar-refractivity contribution >= 4 is 11.9 Å². The van der Waals surface area contributed by atoms with E-state index >= 15 is 0 Å². The van der Waals surface area contributed by atoms with Crippen molar-refractivity contribution in [2.24, 2.45) is 11.8 Å². The summed E-state index contributed by atoms with van der Waals surface area (Å²) < 4.78 is 0. The summed E-state index contributed by atoms with van der Waals surface area (Å²) in [6.45, 7) is 4.64. The van der Waals surface area contributed by atoms with Crippen LogP contribution in [0.1, 0.15) is 33.1 Å². The van der Waals surface area contributed by atoms with Gasteiger partial charge in [0.1, 0.15) is 0 Å². The van der Waals surface area contributed by atoms with Gasteiger partial charge in [0.05, 0.1) is 0 Å². The van der Waals surface area contributed by atoms with Crippen molar-refractivity contribution in [1.82, 2.24) is 15.2 Å². The summed E-state index contributed by atoms with van der Waals surface area (Å²) >= 11 is 0. The second-order valence-corrected chi connectivity index (χ2v) is 4.65. The summed E-state index contributed by atoms with van der Waals surface area (Å²) in [5, 5.41) is 9.93. The molecule has 5 heteroatoms. The molecule has 1 aliphatic carbocycles. The van der Waals surface area contributed by atoms with E-state index in [4.69, 9.17) is 5.73 Å². The quantitative estimate of drug-likeness (QED) is 0.691. The molecule has 4 N–H and O–H groups in total. The van der Waals surface area contributed by atoms with Gasteiger partial charge in [0, 0.05) is 6.04 Å². The Hall–Kier alpha value is -1.26. The molecule has 0 aliphatic heterocycles. The first-order valence-corrected chi connectivity index (χ1v) is 5.59. The summed E-state index contributed by atoms with van der Waals surface area (Å²) in [5.74, 6) is 2.60. The van der Waals surface area contributed by atoms with E-state index in [0.29, 0.717) is 17.9 Å². The van der Waals surface area contributed by atoms with Gasteiger partial charge in [-0.25, -0.2) is 5.10 Å². The standard InChI is InChI=1S/C10H19N5/c1-6-3-4-8(5-7(6)2)12-10-13-9(11)14-15-10/h6-8H,3-5H2,1-2H3,(H4,11,12,13,14,15). The predicted octanol–water partition coefficient (Wildman–Crippen LogP) is 1.62. The number of nitrogens with zero attached hydrogens (tertiary/aromatic N) is 2. The van der Waals surface area contributed by atoms with Gasteiger partial charge < -0.3 is 11.1 Å². The molecule has 0 amide bonds. The van der Waals surface area contributed by atoms with Crippen LogP contribution < -0.4 is 11.1 Å². The molecule has 3 atom stereocenters. The molecule has 1 fully saturated rings. The van der Waals surface area contributed by atoms with Crippen molar-refractivity contribution in [1.29, 1.82) is 0 Å². The number of hydrogen-bond donors (Lipinski definition) is 3. The third-order valence-corrected chi connectivity index (χ3v) is 3.43. The highest BCUT2D eigenvalue weighted by molar-refractivity contribution is 5.31. The number of H-pyrrole nitrogens is 1. The van der Waals surface area contributed by atoms with Crippen LogP contribution in [-0.4, -0.2) is 21.2 Å². The van der Waals surface area contributed by atoms with Crippen LogP contribution in [0.25, 0.3) is 0 Å². The number of aromatic amines is 1. The number of aromatic nitrogens is 3. The third-order valence-electron chi connectivity index (χ3n) is 3.43. The zero-order valence-corrected chi connectivity index (χ0v) is 9.33. The van der Waals surface area contributed by atoms with Gasteiger partial charge in [-0.3, -0.25) is 0 Å². The van der Waals surface area contributed by atoms with Gasteiger partial charge in [-0.05, 0) is 31.1 Å². The Bertz CT molecular complexity index is 321. The molecule has 0 bridgehead atoms. The molecule has 0 aromatic carbocycles. The van der Waals surface area contributed by atoms with E-state index in [0.717, 1.165) is 11.8 Å². The van der Waals surface area contributed by atoms with E-state index in [2.05, 4.69) is 34.3 Å². The van der Waals surface area contributed by atoms with Crippen LogP contribution in [0, 0.1) is 11.8 Å². The number of hydrogen-bond acceptors (Lipinski definition) is 4. The summed E-state index contributed by atoms with van der Waals surface area (Å²) in [6, 6.07) is 0.492. The highest BCUT2D eigenvalue weighted by atomic mass is 15.3. The topological polar surface area (TPSA) is 79.6 Å². The van der Waals surface area contributed by atoms with Gasteiger partial charge in [-0.1, -0.05) is 13.8 Å². The summed E-state index contributed by atoms with van der Waals surface area (Å²) in [5.41, 5.74) is 5.46. The van der Waals surface area contributed by atoms with Gasteiger partial charge in [0.15, 0.2) is 0 Å². The minimum atomic E-state index is 0.370. The van der Waals surface area contributed by atoms with Crippen molar-refractivity contribution in [2.75, 3.05) is 11.1 Å². The van der Waals surface area contributed by atoms with Crippen molar-refractivity contribution < 1.29 is 0 Å². The van der Waals surface area contributed by atoms with Gasteiger partial charge in [-0.2, -0.15) is 4.98 Å². The van der Waals surface area contributed by atoms with Gasteiger partial charge >= 0.3 is 0 Å². The minimum absolute atomic E-state index is 0.370. The molecule has 1 saturated carbocycles. The van der Waals surface area contributed by atoms with Crippen molar-refractivity contribution in [2.45, 2.75) is 39.2 Å². The molecule has 0 saturated heterocycles. The highest BCUT2D eigenvalue weighted by Crippen LogP contribution is 2.30. The maximum atomic E-state index is 5.46. The molecule has 1 heterocycles. The normalized spacial score (nSPS) is 31.5. The van der Waals surface area contributed by atoms with Crippen LogP contribution in [-0.2, 0) is 0 Å². The predicted molar refractivity (Wildman–Crippen MR) is 60.4 cm³/mol. The fraction of sp³-hybridized carbons (Fsp3) is 0.800. The fourth-order valence-corrected chi connectivity index (χ4v) is 2.20. The Morgan fingerprint density at radius 1 is 1.33 bits per heavy atom. The van der Waals surface area contributed by atoms with Gasteiger partial charge in [0.25, 0.3) is 0 Å². The van der Waals surface area contributed by atoms with Crippen LogP contribution in [0.4, 0.5) is 11.9 Å². The lowest BCUT2D eigenvalue weighted by atomic mass is 9.79. The lowest BCUT2D eigenvalue weighted by Gasteiger charge is -2.32. The molecule has 1 aromatic heterocycles. The number of anilines is 2. The Balaban J connectivity index is 1.90. The molecule has 15 heavy (non-hydrogen) atoms. The summed E-state index contributed by atoms with van der Waals surface area (Å²) in [4.78, 5) is 4.05. The first-order chi connectivity index (χ1) is 7.15. The van der Waals surface area contributed by atoms with E-state index in [1.54, 1.807) is 0 Å². The first kappa shape index (κ1) is 10.3. The Morgan fingerprint density at radius 2 is 2.13 bits per heavy atom. The smallest absolute Gasteiger partial charge is 0.243 e. The first-order valence-electron chi connectivity index (χ1n) is 5.59. The molecule has 0 spiro atoms. The zero-order chi connectivity index (χ0) is 10.8. The number of rotatable bonds is 2. The summed E-state index contributed by atoms with van der Waals surface area (Å²) in [6.07, 6.45) is 3.66. The minimum Gasteiger partial charge on any atom is -0.368 e. The van der Waals surface area contributed by atoms with Crippen LogP contribution in [0.3, 0.4) is 0 Å². The zero-order valence-electron chi connectivity index (χ0n) is 9.33. The maximum absolute atomic E-state index is 5.46. The van der Waals surface area contributed by atoms with Crippen molar-refractivity contribution in [3.8, 4) is 0 Å². The molecule has 3 unspecified atom stereocenters. The Morgan fingerprint density at radius 3 is 2.73 bits per heavy atom. The molecule has 5 nitrogen and oxygen atoms in total. The molecule has 2 rings (SSSR count). The second-order valence-electron chi connectivity index (χ2n) is 4.65. The molecular formula is C10H19N5. The van der Waals surface area contributed by atoms with Gasteiger partial charge in [0.2, 0.25) is 11.9 Å². The highest BCUT2D eigenvalue weighted by Gasteiger charge is 2.24. The average molecular weight is 209 g/mol. The molecule has 0 radical (unpaired) electrons. The van der Waals surface area contributed by atoms with Crippen molar-refractivity contribution in [3.63, 3.8) is 0 Å². The second kappa shape index (κ2) is 4.08. The average Bonchev–Trinajstić information content (AvgIpc) is 2.58. The molecule has 84 valence electrons. The summed E-state index contributed by atoms with van der Waals surface area (Å²) in [7, 11) is 0. The third kappa shape index (κ3) is 2.40. The van der Waals surface area contributed by atoms with Crippen LogP contribution in [0.2, 0.25) is 0 Å². The van der Waals surface area contributed by atoms with E-state index in [1.165, 1.54) is 19.3 Å². The lowest BCUT2D eigenvalue weighted by molar-refractivity contribution is 0.260. The Kier molecular flexibility index (Phi) is 2.79. The number of nitrogen functional groups attached to an aromatic ring is 1. The van der Waals surface area contributed by atoms with E-state index in [1.807, 2.05) is 0 Å². The van der Waals surface area contributed by atoms with Gasteiger partial charge in [-0.15, -0.1) is 5.10 Å². The Labute approximate surface area is 89.9 Å². The maximum Gasteiger partial charge on any atom is 0.243 e. The lowest BCUT2D eigenvalue weighted by Crippen LogP contribution is -2.30. The van der Waals surface area contributed by atoms with Crippen molar-refractivity contribution in [3.05, 3.63) is 0 Å².